The van der Waals surface area contributed by atoms with Gasteiger partial charge >= 0.3 is 5.97 Å². The minimum atomic E-state index is -0.716. The highest BCUT2D eigenvalue weighted by Crippen LogP contribution is 2.29. The van der Waals surface area contributed by atoms with E-state index in [1.165, 1.54) is 0 Å². The summed E-state index contributed by atoms with van der Waals surface area (Å²) < 4.78 is 5.52. The van der Waals surface area contributed by atoms with Gasteiger partial charge in [0.15, 0.2) is 0 Å². The number of aliphatic carboxylic acids is 1. The molecule has 0 saturated heterocycles. The average Bonchev–Trinajstić information content (AvgIpc) is 2.12. The molecule has 0 spiro atoms. The van der Waals surface area contributed by atoms with E-state index in [1.807, 2.05) is 6.92 Å². The molecule has 0 heterocycles. The quantitative estimate of drug-likeness (QED) is 0.722. The summed E-state index contributed by atoms with van der Waals surface area (Å²) in [6.45, 7) is 7.67. The lowest BCUT2D eigenvalue weighted by Crippen LogP contribution is -2.51. The van der Waals surface area contributed by atoms with E-state index in [2.05, 4.69) is 18.7 Å². The second kappa shape index (κ2) is 6.21. The number of carbonyl (C=O) groups is 1. The van der Waals surface area contributed by atoms with E-state index in [4.69, 9.17) is 9.84 Å². The predicted octanol–water partition coefficient (Wildman–Crippen LogP) is 1.74. The third kappa shape index (κ3) is 3.76. The van der Waals surface area contributed by atoms with Crippen LogP contribution in [0, 0.1) is 0 Å². The summed E-state index contributed by atoms with van der Waals surface area (Å²) in [6.07, 6.45) is 2.71. The van der Waals surface area contributed by atoms with Gasteiger partial charge in [0.25, 0.3) is 0 Å². The lowest BCUT2D eigenvalue weighted by atomic mass is 9.87. The van der Waals surface area contributed by atoms with Gasteiger partial charge in [-0.05, 0) is 33.6 Å². The first-order valence-corrected chi connectivity index (χ1v) is 6.13. The second-order valence-electron chi connectivity index (χ2n) is 4.68. The zero-order valence-corrected chi connectivity index (χ0v) is 10.5. The SMILES string of the molecule is CCOC1CC(N(CCC(=O)O)C(C)C)C1. The second-order valence-corrected chi connectivity index (χ2v) is 4.68. The van der Waals surface area contributed by atoms with E-state index in [9.17, 15) is 4.79 Å². The Hall–Kier alpha value is -0.610. The van der Waals surface area contributed by atoms with Gasteiger partial charge < -0.3 is 9.84 Å². The van der Waals surface area contributed by atoms with Gasteiger partial charge in [0.1, 0.15) is 0 Å². The minimum Gasteiger partial charge on any atom is -0.481 e. The van der Waals surface area contributed by atoms with Crippen LogP contribution in [0.5, 0.6) is 0 Å². The summed E-state index contributed by atoms with van der Waals surface area (Å²) in [5.41, 5.74) is 0. The van der Waals surface area contributed by atoms with Gasteiger partial charge in [0, 0.05) is 25.2 Å². The fourth-order valence-electron chi connectivity index (χ4n) is 2.27. The molecule has 16 heavy (non-hydrogen) atoms. The first-order valence-electron chi connectivity index (χ1n) is 6.13. The Morgan fingerprint density at radius 2 is 2.12 bits per heavy atom. The molecule has 4 nitrogen and oxygen atoms in total. The smallest absolute Gasteiger partial charge is 0.304 e. The molecule has 1 saturated carbocycles. The molecular formula is C12H23NO3. The molecule has 0 atom stereocenters. The molecule has 1 rings (SSSR count). The first-order chi connectivity index (χ1) is 7.54. The van der Waals surface area contributed by atoms with Gasteiger partial charge in [0.05, 0.1) is 12.5 Å². The highest BCUT2D eigenvalue weighted by molar-refractivity contribution is 5.66. The molecule has 0 bridgehead atoms. The Morgan fingerprint density at radius 3 is 2.56 bits per heavy atom. The number of hydrogen-bond donors (Lipinski definition) is 1. The van der Waals surface area contributed by atoms with E-state index in [0.717, 1.165) is 19.4 Å². The van der Waals surface area contributed by atoms with Crippen molar-refractivity contribution in [1.29, 1.82) is 0 Å². The van der Waals surface area contributed by atoms with Crippen LogP contribution in [0.4, 0.5) is 0 Å². The van der Waals surface area contributed by atoms with Gasteiger partial charge in [-0.15, -0.1) is 0 Å². The lowest BCUT2D eigenvalue weighted by Gasteiger charge is -2.44. The fraction of sp³-hybridized carbons (Fsp3) is 0.917. The van der Waals surface area contributed by atoms with Crippen LogP contribution in [-0.4, -0.2) is 47.3 Å². The van der Waals surface area contributed by atoms with Crippen LogP contribution in [0.2, 0.25) is 0 Å². The molecule has 0 aromatic rings. The Bertz CT molecular complexity index is 224. The Kier molecular flexibility index (Phi) is 5.22. The number of nitrogens with zero attached hydrogens (tertiary/aromatic N) is 1. The molecular weight excluding hydrogens is 206 g/mol. The molecule has 4 heteroatoms. The van der Waals surface area contributed by atoms with Crippen LogP contribution in [0.1, 0.15) is 40.0 Å². The summed E-state index contributed by atoms with van der Waals surface area (Å²) in [5.74, 6) is -0.716. The molecule has 0 aromatic heterocycles. The van der Waals surface area contributed by atoms with Gasteiger partial charge in [-0.3, -0.25) is 9.69 Å². The molecule has 0 radical (unpaired) electrons. The predicted molar refractivity (Wildman–Crippen MR) is 62.5 cm³/mol. The Balaban J connectivity index is 2.32. The van der Waals surface area contributed by atoms with E-state index in [1.54, 1.807) is 0 Å². The molecule has 0 unspecified atom stereocenters. The number of ether oxygens (including phenoxy) is 1. The zero-order valence-electron chi connectivity index (χ0n) is 10.5. The van der Waals surface area contributed by atoms with E-state index in [0.29, 0.717) is 24.7 Å². The Morgan fingerprint density at radius 1 is 1.50 bits per heavy atom. The maximum atomic E-state index is 10.6. The molecule has 1 aliphatic rings. The third-order valence-electron chi connectivity index (χ3n) is 3.19. The highest BCUT2D eigenvalue weighted by Gasteiger charge is 2.35. The molecule has 1 N–H and O–H groups in total. The van der Waals surface area contributed by atoms with Crippen LogP contribution >= 0.6 is 0 Å². The van der Waals surface area contributed by atoms with Crippen LogP contribution in [0.3, 0.4) is 0 Å². The Labute approximate surface area is 97.6 Å². The van der Waals surface area contributed by atoms with Crippen molar-refractivity contribution in [3.63, 3.8) is 0 Å². The largest absolute Gasteiger partial charge is 0.481 e. The number of carboxylic acid groups (broad SMARTS) is 1. The summed E-state index contributed by atoms with van der Waals surface area (Å²) in [7, 11) is 0. The molecule has 94 valence electrons. The lowest BCUT2D eigenvalue weighted by molar-refractivity contribution is -0.138. The van der Waals surface area contributed by atoms with Crippen LogP contribution in [0.15, 0.2) is 0 Å². The van der Waals surface area contributed by atoms with E-state index in [-0.39, 0.29) is 6.42 Å². The third-order valence-corrected chi connectivity index (χ3v) is 3.19. The zero-order chi connectivity index (χ0) is 12.1. The fourth-order valence-corrected chi connectivity index (χ4v) is 2.27. The van der Waals surface area contributed by atoms with Crippen molar-refractivity contribution in [2.45, 2.75) is 58.2 Å². The molecule has 1 aliphatic carbocycles. The van der Waals surface area contributed by atoms with Gasteiger partial charge in [-0.2, -0.15) is 0 Å². The van der Waals surface area contributed by atoms with Gasteiger partial charge in [-0.1, -0.05) is 0 Å². The molecule has 0 aliphatic heterocycles. The van der Waals surface area contributed by atoms with Gasteiger partial charge in [-0.25, -0.2) is 0 Å². The summed E-state index contributed by atoms with van der Waals surface area (Å²) in [6, 6.07) is 0.919. The summed E-state index contributed by atoms with van der Waals surface area (Å²) >= 11 is 0. The van der Waals surface area contributed by atoms with Crippen molar-refractivity contribution in [3.05, 3.63) is 0 Å². The topological polar surface area (TPSA) is 49.8 Å². The summed E-state index contributed by atoms with van der Waals surface area (Å²) in [4.78, 5) is 12.9. The first kappa shape index (κ1) is 13.5. The minimum absolute atomic E-state index is 0.230. The van der Waals surface area contributed by atoms with Crippen molar-refractivity contribution in [2.24, 2.45) is 0 Å². The van der Waals surface area contributed by atoms with Gasteiger partial charge in [0.2, 0.25) is 0 Å². The van der Waals surface area contributed by atoms with Crippen molar-refractivity contribution in [2.75, 3.05) is 13.2 Å². The molecule has 0 amide bonds. The van der Waals surface area contributed by atoms with Crippen LogP contribution in [-0.2, 0) is 9.53 Å². The van der Waals surface area contributed by atoms with Crippen molar-refractivity contribution < 1.29 is 14.6 Å². The number of rotatable bonds is 7. The van der Waals surface area contributed by atoms with Crippen molar-refractivity contribution in [3.8, 4) is 0 Å². The standard InChI is InChI=1S/C12H23NO3/c1-4-16-11-7-10(8-11)13(9(2)3)6-5-12(14)15/h9-11H,4-8H2,1-3H3,(H,14,15). The maximum Gasteiger partial charge on any atom is 0.304 e. The van der Waals surface area contributed by atoms with Crippen LogP contribution < -0.4 is 0 Å². The van der Waals surface area contributed by atoms with Crippen molar-refractivity contribution >= 4 is 5.97 Å². The number of hydrogen-bond acceptors (Lipinski definition) is 3. The monoisotopic (exact) mass is 229 g/mol. The normalized spacial score (nSPS) is 24.8. The molecule has 0 aromatic carbocycles. The number of carboxylic acids is 1. The maximum absolute atomic E-state index is 10.6. The summed E-state index contributed by atoms with van der Waals surface area (Å²) in [5, 5.41) is 8.70. The molecule has 1 fully saturated rings. The van der Waals surface area contributed by atoms with E-state index >= 15 is 0 Å². The van der Waals surface area contributed by atoms with E-state index < -0.39 is 5.97 Å². The van der Waals surface area contributed by atoms with Crippen molar-refractivity contribution in [1.82, 2.24) is 4.90 Å². The highest BCUT2D eigenvalue weighted by atomic mass is 16.5. The average molecular weight is 229 g/mol. The van der Waals surface area contributed by atoms with Crippen LogP contribution in [0.25, 0.3) is 0 Å².